The lowest BCUT2D eigenvalue weighted by Gasteiger charge is -2.15. The molecule has 0 aromatic heterocycles. The van der Waals surface area contributed by atoms with Crippen molar-refractivity contribution in [1.82, 2.24) is 0 Å². The van der Waals surface area contributed by atoms with E-state index in [1.807, 2.05) is 32.3 Å². The van der Waals surface area contributed by atoms with Gasteiger partial charge in [0.15, 0.2) is 0 Å². The van der Waals surface area contributed by atoms with Crippen LogP contribution in [0.25, 0.3) is 0 Å². The lowest BCUT2D eigenvalue weighted by Crippen LogP contribution is -2.27. The number of hydrogen-bond donors (Lipinski definition) is 0. The topological polar surface area (TPSA) is 35.5 Å². The van der Waals surface area contributed by atoms with Gasteiger partial charge in [0.05, 0.1) is 0 Å². The molecule has 0 aliphatic heterocycles. The fourth-order valence-electron chi connectivity index (χ4n) is 0.850. The quantitative estimate of drug-likeness (QED) is 0.311. The van der Waals surface area contributed by atoms with Crippen LogP contribution in [0.3, 0.4) is 0 Å². The van der Waals surface area contributed by atoms with Crippen molar-refractivity contribution in [3.63, 3.8) is 0 Å². The Morgan fingerprint density at radius 1 is 1.43 bits per heavy atom. The molecule has 0 amide bonds. The van der Waals surface area contributed by atoms with E-state index < -0.39 is 8.32 Å². The average molecular weight is 232 g/mol. The Morgan fingerprint density at radius 2 is 2.00 bits per heavy atom. The van der Waals surface area contributed by atoms with Crippen LogP contribution in [-0.4, -0.2) is 24.5 Å². The van der Waals surface area contributed by atoms with Crippen molar-refractivity contribution in [3.05, 3.63) is 11.3 Å². The molecule has 0 heterocycles. The van der Waals surface area contributed by atoms with Gasteiger partial charge in [-0.3, -0.25) is 0 Å². The van der Waals surface area contributed by atoms with E-state index in [1.54, 1.807) is 0 Å². The van der Waals surface area contributed by atoms with Gasteiger partial charge >= 0.3 is 5.97 Å². The van der Waals surface area contributed by atoms with Crippen molar-refractivity contribution in [2.24, 2.45) is 0 Å². The first-order valence-corrected chi connectivity index (χ1v) is 9.52. The van der Waals surface area contributed by atoms with Crippen LogP contribution < -0.4 is 0 Å². The van der Waals surface area contributed by atoms with E-state index in [4.69, 9.17) is 9.46 Å². The Balaban J connectivity index is 4.07. The molecule has 5 heteroatoms. The highest BCUT2D eigenvalue weighted by Crippen LogP contribution is 2.09. The minimum Gasteiger partial charge on any atom is -0.305 e. The minimum absolute atomic E-state index is 0.315. The van der Waals surface area contributed by atoms with E-state index in [0.29, 0.717) is 0 Å². The van der Waals surface area contributed by atoms with Crippen molar-refractivity contribution in [2.45, 2.75) is 39.4 Å². The Hall–Kier alpha value is -0.396. The molecule has 0 rings (SSSR count). The molecule has 0 atom stereocenters. The molecule has 0 saturated carbocycles. The van der Waals surface area contributed by atoms with Gasteiger partial charge in [-0.05, 0) is 26.1 Å². The maximum absolute atomic E-state index is 11.4. The van der Waals surface area contributed by atoms with E-state index in [-0.39, 0.29) is 5.97 Å². The smallest absolute Gasteiger partial charge is 0.305 e. The third-order valence-electron chi connectivity index (χ3n) is 1.50. The molecule has 0 N–H and O–H groups in total. The van der Waals surface area contributed by atoms with Crippen molar-refractivity contribution in [2.75, 3.05) is 0 Å². The summed E-state index contributed by atoms with van der Waals surface area (Å²) in [7, 11) is -0.887. The Bertz CT molecular complexity index is 219. The highest BCUT2D eigenvalue weighted by atomic mass is 28.4. The highest BCUT2D eigenvalue weighted by Gasteiger charge is 2.20. The molecule has 0 aliphatic rings. The fourth-order valence-corrected chi connectivity index (χ4v) is 1.70. The second-order valence-electron chi connectivity index (χ2n) is 4.13. The normalized spacial score (nSPS) is 13.0. The summed E-state index contributed by atoms with van der Waals surface area (Å²) in [4.78, 5) is 16.2. The molecule has 0 fully saturated rings. The molecular formula is C9H20O3Si2. The molecule has 82 valence electrons. The standard InChI is InChI=1S/C9H20O3Si2/c1-5-6-8(7-13)9(10)11-12-14(2,3)4/h7H,5-6H2,1-4,13H3. The van der Waals surface area contributed by atoms with E-state index in [0.717, 1.165) is 28.7 Å². The lowest BCUT2D eigenvalue weighted by molar-refractivity contribution is -0.214. The SMILES string of the molecule is CCCC(=C[SiH3])C(=O)OO[Si](C)(C)C. The molecule has 0 spiro atoms. The predicted octanol–water partition coefficient (Wildman–Crippen LogP) is 1.35. The Labute approximate surface area is 90.0 Å². The van der Waals surface area contributed by atoms with Gasteiger partial charge in [0.1, 0.15) is 0 Å². The fraction of sp³-hybridized carbons (Fsp3) is 0.667. The summed E-state index contributed by atoms with van der Waals surface area (Å²) in [5.41, 5.74) is 2.66. The summed E-state index contributed by atoms with van der Waals surface area (Å²) in [5.74, 6) is -0.315. The van der Waals surface area contributed by atoms with E-state index in [1.165, 1.54) is 0 Å². The van der Waals surface area contributed by atoms with Crippen LogP contribution in [0.5, 0.6) is 0 Å². The van der Waals surface area contributed by atoms with Crippen LogP contribution in [-0.2, 0) is 14.3 Å². The molecule has 0 unspecified atom stereocenters. The van der Waals surface area contributed by atoms with Crippen molar-refractivity contribution in [3.8, 4) is 0 Å². The van der Waals surface area contributed by atoms with Crippen molar-refractivity contribution >= 4 is 24.5 Å². The average Bonchev–Trinajstić information content (AvgIpc) is 2.09. The van der Waals surface area contributed by atoms with Crippen LogP contribution in [0.2, 0.25) is 19.6 Å². The maximum Gasteiger partial charge on any atom is 0.366 e. The van der Waals surface area contributed by atoms with Crippen LogP contribution in [0.15, 0.2) is 11.3 Å². The second-order valence-corrected chi connectivity index (χ2v) is 9.10. The Kier molecular flexibility index (Phi) is 5.98. The van der Waals surface area contributed by atoms with Gasteiger partial charge in [-0.25, -0.2) is 9.37 Å². The van der Waals surface area contributed by atoms with Crippen molar-refractivity contribution < 1.29 is 14.3 Å². The van der Waals surface area contributed by atoms with Gasteiger partial charge < -0.3 is 4.89 Å². The van der Waals surface area contributed by atoms with E-state index in [2.05, 4.69) is 0 Å². The minimum atomic E-state index is -1.76. The molecular weight excluding hydrogens is 212 g/mol. The molecule has 0 saturated heterocycles. The highest BCUT2D eigenvalue weighted by molar-refractivity contribution is 6.69. The summed E-state index contributed by atoms with van der Waals surface area (Å²) in [6.07, 6.45) is 1.73. The van der Waals surface area contributed by atoms with E-state index >= 15 is 0 Å². The molecule has 0 aromatic carbocycles. The van der Waals surface area contributed by atoms with Crippen LogP contribution in [0.4, 0.5) is 0 Å². The van der Waals surface area contributed by atoms with Gasteiger partial charge in [-0.1, -0.05) is 19.0 Å². The number of rotatable bonds is 5. The van der Waals surface area contributed by atoms with Gasteiger partial charge in [0, 0.05) is 15.8 Å². The maximum atomic E-state index is 11.4. The number of hydrogen-bond acceptors (Lipinski definition) is 3. The predicted molar refractivity (Wildman–Crippen MR) is 63.5 cm³/mol. The number of carbonyl (C=O) groups is 1. The van der Waals surface area contributed by atoms with Gasteiger partial charge in [-0.15, -0.1) is 0 Å². The van der Waals surface area contributed by atoms with E-state index in [9.17, 15) is 4.79 Å². The molecule has 0 aromatic rings. The van der Waals surface area contributed by atoms with Crippen molar-refractivity contribution in [1.29, 1.82) is 0 Å². The molecule has 0 radical (unpaired) electrons. The zero-order valence-electron chi connectivity index (χ0n) is 9.72. The van der Waals surface area contributed by atoms with Crippen LogP contribution >= 0.6 is 0 Å². The largest absolute Gasteiger partial charge is 0.366 e. The first-order chi connectivity index (χ1) is 6.40. The zero-order valence-corrected chi connectivity index (χ0v) is 12.7. The summed E-state index contributed by atoms with van der Waals surface area (Å²) in [6, 6.07) is 0. The summed E-state index contributed by atoms with van der Waals surface area (Å²) in [5, 5.41) is 0. The molecule has 0 bridgehead atoms. The first kappa shape index (κ1) is 13.6. The lowest BCUT2D eigenvalue weighted by atomic mass is 10.2. The molecule has 0 aliphatic carbocycles. The summed E-state index contributed by atoms with van der Waals surface area (Å²) < 4.78 is 5.08. The van der Waals surface area contributed by atoms with Crippen LogP contribution in [0, 0.1) is 0 Å². The third-order valence-corrected chi connectivity index (χ3v) is 2.78. The monoisotopic (exact) mass is 232 g/mol. The molecule has 14 heavy (non-hydrogen) atoms. The van der Waals surface area contributed by atoms with Gasteiger partial charge in [0.2, 0.25) is 8.32 Å². The summed E-state index contributed by atoms with van der Waals surface area (Å²) in [6.45, 7) is 7.97. The van der Waals surface area contributed by atoms with Crippen LogP contribution in [0.1, 0.15) is 19.8 Å². The Morgan fingerprint density at radius 3 is 2.36 bits per heavy atom. The zero-order chi connectivity index (χ0) is 11.2. The van der Waals surface area contributed by atoms with Gasteiger partial charge in [0.25, 0.3) is 0 Å². The van der Waals surface area contributed by atoms with Gasteiger partial charge in [-0.2, -0.15) is 0 Å². The third kappa shape index (κ3) is 6.12. The summed E-state index contributed by atoms with van der Waals surface area (Å²) >= 11 is 0. The first-order valence-electron chi connectivity index (χ1n) is 4.96. The number of carbonyl (C=O) groups excluding carboxylic acids is 1. The molecule has 3 nitrogen and oxygen atoms in total. The second kappa shape index (κ2) is 6.16.